The number of likely N-dealkylation sites (tertiary alicyclic amines) is 1. The van der Waals surface area contributed by atoms with E-state index in [0.29, 0.717) is 0 Å². The number of H-pyrrole nitrogens is 1. The fourth-order valence-corrected chi connectivity index (χ4v) is 4.00. The minimum atomic E-state index is 0.228. The summed E-state index contributed by atoms with van der Waals surface area (Å²) in [6.07, 6.45) is 7.06. The molecule has 4 rings (SSSR count). The average Bonchev–Trinajstić information content (AvgIpc) is 3.15. The molecular formula is C18H25N3O. The zero-order valence-corrected chi connectivity index (χ0v) is 13.3. The first-order valence-electron chi connectivity index (χ1n) is 8.60. The molecular weight excluding hydrogens is 274 g/mol. The lowest BCUT2D eigenvalue weighted by atomic mass is 9.99. The van der Waals surface area contributed by atoms with Crippen LogP contribution in [0.5, 0.6) is 0 Å². The number of hydrogen-bond donors (Lipinski definition) is 1. The van der Waals surface area contributed by atoms with Crippen molar-refractivity contribution in [1.29, 1.82) is 0 Å². The Morgan fingerprint density at radius 3 is 3.14 bits per heavy atom. The van der Waals surface area contributed by atoms with Crippen LogP contribution in [0.1, 0.15) is 50.0 Å². The molecule has 4 heteroatoms. The van der Waals surface area contributed by atoms with Crippen LogP contribution >= 0.6 is 0 Å². The van der Waals surface area contributed by atoms with Gasteiger partial charge in [0, 0.05) is 31.3 Å². The minimum Gasteiger partial charge on any atom is -0.372 e. The number of nitrogens with zero attached hydrogens (tertiary/aromatic N) is 2. The van der Waals surface area contributed by atoms with Crippen LogP contribution in [0.15, 0.2) is 18.3 Å². The van der Waals surface area contributed by atoms with Gasteiger partial charge in [0.15, 0.2) is 0 Å². The molecule has 4 nitrogen and oxygen atoms in total. The third-order valence-electron chi connectivity index (χ3n) is 5.09. The Labute approximate surface area is 131 Å². The van der Waals surface area contributed by atoms with Crippen LogP contribution in [0.3, 0.4) is 0 Å². The van der Waals surface area contributed by atoms with Gasteiger partial charge in [-0.05, 0) is 55.8 Å². The number of aromatic amines is 1. The molecule has 22 heavy (non-hydrogen) atoms. The Bertz CT molecular complexity index is 645. The lowest BCUT2D eigenvalue weighted by molar-refractivity contribution is 0.106. The Balaban J connectivity index is 1.68. The first-order valence-corrected chi connectivity index (χ1v) is 8.60. The Morgan fingerprint density at radius 1 is 1.36 bits per heavy atom. The molecule has 0 radical (unpaired) electrons. The number of rotatable bonds is 3. The first-order chi connectivity index (χ1) is 10.8. The molecule has 2 aromatic heterocycles. The molecule has 2 aromatic rings. The average molecular weight is 299 g/mol. The molecule has 0 spiro atoms. The molecule has 0 bridgehead atoms. The van der Waals surface area contributed by atoms with E-state index in [4.69, 9.17) is 4.74 Å². The van der Waals surface area contributed by atoms with Crippen molar-refractivity contribution < 1.29 is 4.74 Å². The van der Waals surface area contributed by atoms with Gasteiger partial charge in [-0.25, -0.2) is 4.98 Å². The molecule has 118 valence electrons. The van der Waals surface area contributed by atoms with E-state index in [1.165, 1.54) is 42.6 Å². The summed E-state index contributed by atoms with van der Waals surface area (Å²) in [7, 11) is 0. The van der Waals surface area contributed by atoms with Crippen LogP contribution in [0, 0.1) is 5.92 Å². The van der Waals surface area contributed by atoms with Crippen molar-refractivity contribution in [3.05, 3.63) is 29.6 Å². The second kappa shape index (κ2) is 6.01. The van der Waals surface area contributed by atoms with Gasteiger partial charge in [0.2, 0.25) is 0 Å². The predicted octanol–water partition coefficient (Wildman–Crippen LogP) is 3.65. The number of hydrogen-bond acceptors (Lipinski definition) is 3. The van der Waals surface area contributed by atoms with E-state index in [1.54, 1.807) is 0 Å². The Kier molecular flexibility index (Phi) is 3.89. The topological polar surface area (TPSA) is 41.1 Å². The van der Waals surface area contributed by atoms with Gasteiger partial charge >= 0.3 is 0 Å². The molecule has 2 fully saturated rings. The SMILES string of the molecule is CC1CCCN(Cc2c([C@@H]3CCCO3)[nH]c3ncccc23)C1. The molecule has 0 aliphatic carbocycles. The van der Waals surface area contributed by atoms with E-state index in [0.717, 1.165) is 37.6 Å². The maximum atomic E-state index is 5.94. The highest BCUT2D eigenvalue weighted by molar-refractivity contribution is 5.81. The van der Waals surface area contributed by atoms with Crippen LogP contribution in [0.2, 0.25) is 0 Å². The number of piperidine rings is 1. The fourth-order valence-electron chi connectivity index (χ4n) is 4.00. The fraction of sp³-hybridized carbons (Fsp3) is 0.611. The van der Waals surface area contributed by atoms with Crippen molar-refractivity contribution in [1.82, 2.24) is 14.9 Å². The van der Waals surface area contributed by atoms with Crippen molar-refractivity contribution in [2.75, 3.05) is 19.7 Å². The van der Waals surface area contributed by atoms with E-state index in [1.807, 2.05) is 12.3 Å². The van der Waals surface area contributed by atoms with Gasteiger partial charge in [-0.3, -0.25) is 4.90 Å². The van der Waals surface area contributed by atoms with Crippen molar-refractivity contribution in [2.24, 2.45) is 5.92 Å². The predicted molar refractivity (Wildman–Crippen MR) is 87.7 cm³/mol. The highest BCUT2D eigenvalue weighted by atomic mass is 16.5. The minimum absolute atomic E-state index is 0.228. The van der Waals surface area contributed by atoms with Gasteiger partial charge in [-0.15, -0.1) is 0 Å². The molecule has 2 aliphatic rings. The third kappa shape index (κ3) is 2.66. The summed E-state index contributed by atoms with van der Waals surface area (Å²) in [5, 5.41) is 1.27. The molecule has 0 aromatic carbocycles. The van der Waals surface area contributed by atoms with Gasteiger partial charge in [-0.2, -0.15) is 0 Å². The van der Waals surface area contributed by atoms with E-state index in [2.05, 4.69) is 27.9 Å². The Hall–Kier alpha value is -1.39. The van der Waals surface area contributed by atoms with E-state index in [-0.39, 0.29) is 6.10 Å². The third-order valence-corrected chi connectivity index (χ3v) is 5.09. The van der Waals surface area contributed by atoms with Crippen molar-refractivity contribution in [2.45, 2.75) is 45.3 Å². The van der Waals surface area contributed by atoms with Gasteiger partial charge < -0.3 is 9.72 Å². The quantitative estimate of drug-likeness (QED) is 0.940. The van der Waals surface area contributed by atoms with Gasteiger partial charge in [0.25, 0.3) is 0 Å². The van der Waals surface area contributed by atoms with Crippen molar-refractivity contribution in [3.8, 4) is 0 Å². The summed E-state index contributed by atoms with van der Waals surface area (Å²) >= 11 is 0. The largest absolute Gasteiger partial charge is 0.372 e. The molecule has 0 saturated carbocycles. The van der Waals surface area contributed by atoms with Crippen molar-refractivity contribution in [3.63, 3.8) is 0 Å². The first kappa shape index (κ1) is 14.2. The monoisotopic (exact) mass is 299 g/mol. The number of ether oxygens (including phenoxy) is 1. The van der Waals surface area contributed by atoms with E-state index in [9.17, 15) is 0 Å². The summed E-state index contributed by atoms with van der Waals surface area (Å²) in [4.78, 5) is 10.7. The summed E-state index contributed by atoms with van der Waals surface area (Å²) in [5.74, 6) is 0.809. The van der Waals surface area contributed by atoms with Crippen LogP contribution in [-0.4, -0.2) is 34.6 Å². The van der Waals surface area contributed by atoms with Gasteiger partial charge in [-0.1, -0.05) is 6.92 Å². The van der Waals surface area contributed by atoms with Crippen molar-refractivity contribution >= 4 is 11.0 Å². The molecule has 4 heterocycles. The second-order valence-corrected chi connectivity index (χ2v) is 6.90. The van der Waals surface area contributed by atoms with Gasteiger partial charge in [0.1, 0.15) is 5.65 Å². The van der Waals surface area contributed by atoms with Crippen LogP contribution in [0.25, 0.3) is 11.0 Å². The van der Waals surface area contributed by atoms with Crippen LogP contribution in [0.4, 0.5) is 0 Å². The Morgan fingerprint density at radius 2 is 2.32 bits per heavy atom. The molecule has 2 saturated heterocycles. The van der Waals surface area contributed by atoms with Crippen LogP contribution < -0.4 is 0 Å². The summed E-state index contributed by atoms with van der Waals surface area (Å²) in [5.41, 5.74) is 3.68. The zero-order valence-electron chi connectivity index (χ0n) is 13.3. The highest BCUT2D eigenvalue weighted by Crippen LogP contribution is 2.34. The van der Waals surface area contributed by atoms with E-state index < -0.39 is 0 Å². The standard InChI is InChI=1S/C18H25N3O/c1-13-5-3-9-21(11-13)12-15-14-6-2-8-19-18(14)20-17(15)16-7-4-10-22-16/h2,6,8,13,16H,3-5,7,9-12H2,1H3,(H,19,20)/t13?,16-/m0/s1. The zero-order chi connectivity index (χ0) is 14.9. The number of fused-ring (bicyclic) bond motifs is 1. The summed E-state index contributed by atoms with van der Waals surface area (Å²) in [6.45, 7) is 6.68. The lowest BCUT2D eigenvalue weighted by Crippen LogP contribution is -2.34. The van der Waals surface area contributed by atoms with Gasteiger partial charge in [0.05, 0.1) is 11.8 Å². The number of nitrogens with one attached hydrogen (secondary N) is 1. The normalized spacial score (nSPS) is 26.8. The number of pyridine rings is 1. The van der Waals surface area contributed by atoms with Crippen LogP contribution in [-0.2, 0) is 11.3 Å². The second-order valence-electron chi connectivity index (χ2n) is 6.90. The van der Waals surface area contributed by atoms with E-state index >= 15 is 0 Å². The number of aromatic nitrogens is 2. The molecule has 1 N–H and O–H groups in total. The molecule has 0 amide bonds. The highest BCUT2D eigenvalue weighted by Gasteiger charge is 2.26. The maximum absolute atomic E-state index is 5.94. The maximum Gasteiger partial charge on any atom is 0.137 e. The summed E-state index contributed by atoms with van der Waals surface area (Å²) < 4.78 is 5.94. The molecule has 2 aliphatic heterocycles. The smallest absolute Gasteiger partial charge is 0.137 e. The lowest BCUT2D eigenvalue weighted by Gasteiger charge is -2.31. The molecule has 1 unspecified atom stereocenters. The molecule has 2 atom stereocenters. The summed E-state index contributed by atoms with van der Waals surface area (Å²) in [6, 6.07) is 4.23.